The van der Waals surface area contributed by atoms with Crippen LogP contribution in [0, 0.1) is 0 Å². The van der Waals surface area contributed by atoms with E-state index in [4.69, 9.17) is 144 Å². The molecule has 3 aromatic carbocycles. The maximum absolute atomic E-state index is 14.7. The van der Waals surface area contributed by atoms with Crippen LogP contribution in [0.1, 0.15) is 61.0 Å². The highest BCUT2D eigenvalue weighted by atomic mass is 35.6. The first-order chi connectivity index (χ1) is 29.4. The van der Waals surface area contributed by atoms with Crippen LogP contribution < -0.4 is 0 Å². The predicted molar refractivity (Wildman–Crippen MR) is 256 cm³/mol. The van der Waals surface area contributed by atoms with E-state index in [9.17, 15) is 14.7 Å². The average molecular weight is 1130 g/mol. The topological polar surface area (TPSA) is 141 Å². The van der Waals surface area contributed by atoms with E-state index in [-0.39, 0.29) is 47.5 Å². The van der Waals surface area contributed by atoms with Gasteiger partial charge in [-0.15, -0.1) is 23.5 Å². The van der Waals surface area contributed by atoms with Gasteiger partial charge in [0.05, 0.1) is 0 Å². The number of nitrogens with zero attached hydrogens (tertiary/aromatic N) is 6. The standard InChI is InChI=1S/C39H28Cl12N6O4S2/c40-36(41,42)30-52-27(53-31(56-30)37(43,44)45)21-11-15-24(16-12-21)62-26(29(58)61-23-9-5-2-6-10-23)35(34(59)60,19-20-7-3-1-4-8-20)63-25-17-13-22(14-18-25)28-54-32(38(46,47)48)57-33(55-28)39(49,50)51/h1,3-4,7-8,11-18,23,26H,2,5-6,9-10,19H2,(H,59,60). The van der Waals surface area contributed by atoms with Crippen LogP contribution in [0.5, 0.6) is 0 Å². The number of thioether (sulfide) groups is 2. The molecular formula is C39H28Cl12N6O4S2. The van der Waals surface area contributed by atoms with E-state index in [0.717, 1.165) is 42.8 Å². The molecule has 1 saturated carbocycles. The first-order valence-corrected chi connectivity index (χ1v) is 24.5. The van der Waals surface area contributed by atoms with Gasteiger partial charge in [0.15, 0.2) is 34.9 Å². The summed E-state index contributed by atoms with van der Waals surface area (Å²) in [5.41, 5.74) is 1.44. The number of hydrogen-bond acceptors (Lipinski definition) is 11. The number of rotatable bonds is 12. The molecule has 2 heterocycles. The van der Waals surface area contributed by atoms with Gasteiger partial charge in [-0.3, -0.25) is 9.59 Å². The number of carbonyl (C=O) groups excluding carboxylic acids is 1. The Kier molecular flexibility index (Phi) is 17.0. The molecule has 0 amide bonds. The summed E-state index contributed by atoms with van der Waals surface area (Å²) >= 11 is 75.2. The molecule has 63 heavy (non-hydrogen) atoms. The van der Waals surface area contributed by atoms with Gasteiger partial charge >= 0.3 is 11.9 Å². The number of carboxylic acid groups (broad SMARTS) is 1. The molecule has 0 spiro atoms. The molecule has 1 fully saturated rings. The lowest BCUT2D eigenvalue weighted by Crippen LogP contribution is -2.51. The SMILES string of the molecule is O=C(OC1CCCCC1)C(Sc1ccc(-c2nc(C(Cl)(Cl)Cl)nc(C(Cl)(Cl)Cl)n2)cc1)C(Cc1ccccc1)(Sc1ccc(-c2nc(C(Cl)(Cl)Cl)nc(C(Cl)(Cl)Cl)n2)cc1)C(=O)O. The molecule has 0 saturated heterocycles. The first-order valence-electron chi connectivity index (χ1n) is 18.3. The average Bonchev–Trinajstić information content (AvgIpc) is 3.22. The molecule has 6 rings (SSSR count). The fourth-order valence-electron chi connectivity index (χ4n) is 6.27. The number of hydrogen-bond donors (Lipinski definition) is 1. The maximum atomic E-state index is 14.7. The van der Waals surface area contributed by atoms with Gasteiger partial charge in [0.1, 0.15) is 16.1 Å². The quantitative estimate of drug-likeness (QED) is 0.0722. The van der Waals surface area contributed by atoms with E-state index in [0.29, 0.717) is 39.3 Å². The van der Waals surface area contributed by atoms with Crippen LogP contribution in [0.15, 0.2) is 88.7 Å². The Hall–Kier alpha value is -1.20. The highest BCUT2D eigenvalue weighted by Crippen LogP contribution is 2.48. The maximum Gasteiger partial charge on any atom is 0.322 e. The predicted octanol–water partition coefficient (Wildman–Crippen LogP) is 13.9. The van der Waals surface area contributed by atoms with Crippen molar-refractivity contribution in [1.82, 2.24) is 29.9 Å². The lowest BCUT2D eigenvalue weighted by Gasteiger charge is -2.36. The molecule has 24 heteroatoms. The Labute approximate surface area is 430 Å². The van der Waals surface area contributed by atoms with Gasteiger partial charge in [-0.25, -0.2) is 29.9 Å². The second kappa shape index (κ2) is 21.0. The van der Waals surface area contributed by atoms with Crippen molar-refractivity contribution in [2.45, 2.75) is 79.6 Å². The number of aromatic nitrogens is 6. The number of ether oxygens (including phenoxy) is 1. The van der Waals surface area contributed by atoms with Crippen molar-refractivity contribution in [3.05, 3.63) is 108 Å². The number of carboxylic acids is 1. The molecule has 5 aromatic rings. The molecule has 2 aromatic heterocycles. The molecule has 1 N–H and O–H groups in total. The highest BCUT2D eigenvalue weighted by molar-refractivity contribution is 8.05. The van der Waals surface area contributed by atoms with Crippen molar-refractivity contribution < 1.29 is 19.4 Å². The van der Waals surface area contributed by atoms with Gasteiger partial charge < -0.3 is 9.84 Å². The number of halogens is 12. The minimum Gasteiger partial charge on any atom is -0.480 e. The van der Waals surface area contributed by atoms with E-state index in [1.54, 1.807) is 72.8 Å². The smallest absolute Gasteiger partial charge is 0.322 e. The molecule has 0 radical (unpaired) electrons. The summed E-state index contributed by atoms with van der Waals surface area (Å²) in [6, 6.07) is 22.1. The summed E-state index contributed by atoms with van der Waals surface area (Å²) in [4.78, 5) is 54.8. The fourth-order valence-corrected chi connectivity index (χ4v) is 9.89. The van der Waals surface area contributed by atoms with E-state index in [1.807, 2.05) is 6.07 Å². The lowest BCUT2D eigenvalue weighted by atomic mass is 9.94. The minimum absolute atomic E-state index is 0.00938. The summed E-state index contributed by atoms with van der Waals surface area (Å²) in [7, 11) is 0. The number of benzene rings is 3. The second-order valence-electron chi connectivity index (χ2n) is 13.8. The van der Waals surface area contributed by atoms with Gasteiger partial charge in [-0.2, -0.15) is 0 Å². The molecule has 2 atom stereocenters. The normalized spacial score (nSPS) is 15.7. The Morgan fingerprint density at radius 1 is 0.587 bits per heavy atom. The van der Waals surface area contributed by atoms with Crippen LogP contribution in [0.25, 0.3) is 22.8 Å². The summed E-state index contributed by atoms with van der Waals surface area (Å²) in [6.07, 6.45) is 3.58. The monoisotopic (exact) mass is 1130 g/mol. The van der Waals surface area contributed by atoms with E-state index >= 15 is 0 Å². The summed E-state index contributed by atoms with van der Waals surface area (Å²) in [5, 5.41) is 10.1. The van der Waals surface area contributed by atoms with Crippen molar-refractivity contribution in [2.75, 3.05) is 0 Å². The van der Waals surface area contributed by atoms with Crippen LogP contribution in [-0.2, 0) is 35.9 Å². The Morgan fingerprint density at radius 2 is 1.00 bits per heavy atom. The van der Waals surface area contributed by atoms with Gasteiger partial charge in [0.25, 0.3) is 0 Å². The second-order valence-corrected chi connectivity index (χ2v) is 25.5. The van der Waals surface area contributed by atoms with Crippen molar-refractivity contribution in [3.8, 4) is 22.8 Å². The minimum atomic E-state index is -2.09. The fraction of sp³-hybridized carbons (Fsp3) is 0.333. The number of aliphatic carboxylic acids is 1. The molecule has 0 aliphatic heterocycles. The van der Waals surface area contributed by atoms with Crippen molar-refractivity contribution in [3.63, 3.8) is 0 Å². The molecule has 2 unspecified atom stereocenters. The lowest BCUT2D eigenvalue weighted by molar-refractivity contribution is -0.154. The zero-order chi connectivity index (χ0) is 46.0. The van der Waals surface area contributed by atoms with E-state index < -0.39 is 37.1 Å². The molecule has 0 bridgehead atoms. The van der Waals surface area contributed by atoms with Gasteiger partial charge in [-0.05, 0) is 61.9 Å². The van der Waals surface area contributed by atoms with Crippen LogP contribution in [0.3, 0.4) is 0 Å². The Morgan fingerprint density at radius 3 is 1.40 bits per heavy atom. The molecule has 334 valence electrons. The van der Waals surface area contributed by atoms with E-state index in [2.05, 4.69) is 29.9 Å². The van der Waals surface area contributed by atoms with Crippen molar-refractivity contribution >= 4 is 175 Å². The number of alkyl halides is 12. The van der Waals surface area contributed by atoms with E-state index in [1.165, 1.54) is 0 Å². The largest absolute Gasteiger partial charge is 0.480 e. The zero-order valence-electron chi connectivity index (χ0n) is 31.6. The Bertz CT molecular complexity index is 2350. The molecular weight excluding hydrogens is 1110 g/mol. The van der Waals surface area contributed by atoms with Crippen LogP contribution in [-0.4, -0.2) is 63.0 Å². The van der Waals surface area contributed by atoms with Crippen LogP contribution >= 0.6 is 163 Å². The van der Waals surface area contributed by atoms with Crippen LogP contribution in [0.2, 0.25) is 0 Å². The number of carbonyl (C=O) groups is 2. The summed E-state index contributed by atoms with van der Waals surface area (Å²) in [5.74, 6) is -3.08. The third-order valence-electron chi connectivity index (χ3n) is 9.21. The molecule has 1 aliphatic carbocycles. The first kappa shape index (κ1) is 51.2. The number of esters is 1. The van der Waals surface area contributed by atoms with Crippen LogP contribution in [0.4, 0.5) is 0 Å². The summed E-state index contributed by atoms with van der Waals surface area (Å²) < 4.78 is -4.07. The third-order valence-corrected chi connectivity index (χ3v) is 14.2. The highest BCUT2D eigenvalue weighted by Gasteiger charge is 2.53. The van der Waals surface area contributed by atoms with Gasteiger partial charge in [0, 0.05) is 20.9 Å². The zero-order valence-corrected chi connectivity index (χ0v) is 42.3. The summed E-state index contributed by atoms with van der Waals surface area (Å²) in [6.45, 7) is 0. The van der Waals surface area contributed by atoms with Crippen molar-refractivity contribution in [2.24, 2.45) is 0 Å². The van der Waals surface area contributed by atoms with Gasteiger partial charge in [0.2, 0.25) is 15.2 Å². The van der Waals surface area contributed by atoms with Crippen molar-refractivity contribution in [1.29, 1.82) is 0 Å². The molecule has 1 aliphatic rings. The molecule has 10 nitrogen and oxygen atoms in total. The Balaban J connectivity index is 1.42. The third kappa shape index (κ3) is 13.5. The van der Waals surface area contributed by atoms with Gasteiger partial charge in [-0.1, -0.05) is 200 Å².